The van der Waals surface area contributed by atoms with Crippen LogP contribution in [0.25, 0.3) is 0 Å². The van der Waals surface area contributed by atoms with Crippen molar-refractivity contribution >= 4 is 41.4 Å². The van der Waals surface area contributed by atoms with E-state index in [0.29, 0.717) is 17.5 Å². The van der Waals surface area contributed by atoms with E-state index in [0.717, 1.165) is 5.56 Å². The van der Waals surface area contributed by atoms with Crippen molar-refractivity contribution in [3.63, 3.8) is 0 Å². The number of carboxylic acid groups (broad SMARTS) is 1. The Morgan fingerprint density at radius 2 is 0.932 bits per heavy atom. The van der Waals surface area contributed by atoms with Crippen LogP contribution >= 0.6 is 0 Å². The third-order valence-corrected chi connectivity index (χ3v) is 9.45. The highest BCUT2D eigenvalue weighted by molar-refractivity contribution is 5.97. The number of hydrogen-bond donors (Lipinski definition) is 11. The fourth-order valence-corrected chi connectivity index (χ4v) is 5.86. The van der Waals surface area contributed by atoms with Crippen LogP contribution in [0.15, 0.2) is 84.9 Å². The summed E-state index contributed by atoms with van der Waals surface area (Å²) in [6.45, 7) is 1.17. The lowest BCUT2D eigenvalue weighted by Crippen LogP contribution is -2.61. The van der Waals surface area contributed by atoms with Crippen molar-refractivity contribution in [2.24, 2.45) is 11.7 Å². The topological polar surface area (TPSA) is 299 Å². The Morgan fingerprint density at radius 1 is 0.542 bits per heavy atom. The summed E-state index contributed by atoms with van der Waals surface area (Å²) in [5.74, 6) is -7.06. The highest BCUT2D eigenvalue weighted by atomic mass is 16.4. The zero-order valence-corrected chi connectivity index (χ0v) is 32.8. The van der Waals surface area contributed by atoms with Crippen LogP contribution in [-0.4, -0.2) is 118 Å². The van der Waals surface area contributed by atoms with Gasteiger partial charge in [0.1, 0.15) is 42.0 Å². The van der Waals surface area contributed by atoms with E-state index in [9.17, 15) is 54.0 Å². The number of aromatic hydroxyl groups is 1. The van der Waals surface area contributed by atoms with Gasteiger partial charge in [-0.05, 0) is 34.7 Å². The van der Waals surface area contributed by atoms with Gasteiger partial charge in [0.15, 0.2) is 0 Å². The lowest BCUT2D eigenvalue weighted by Gasteiger charge is -2.29. The SMILES string of the molecule is CC[C@H](C)[C@H](NC(=O)[C@H](Cc1ccccc1)NC(=O)CN)C(=O)N[C@@H](Cc1ccccc1)C(=O)N[C@@H](CO)C(=O)N[C@@H](CO)C(=O)N[C@@H](Cc1ccc(O)cc1)C(=O)O. The first-order valence-corrected chi connectivity index (χ1v) is 19.0. The summed E-state index contributed by atoms with van der Waals surface area (Å²) in [6.07, 6.45) is 0.221. The Labute approximate surface area is 341 Å². The first-order valence-electron chi connectivity index (χ1n) is 19.0. The van der Waals surface area contributed by atoms with Crippen molar-refractivity contribution in [2.45, 2.75) is 75.8 Å². The predicted molar refractivity (Wildman–Crippen MR) is 214 cm³/mol. The number of nitrogens with two attached hydrogens (primary N) is 1. The normalized spacial score (nSPS) is 14.5. The van der Waals surface area contributed by atoms with Gasteiger partial charge in [0.05, 0.1) is 19.8 Å². The van der Waals surface area contributed by atoms with E-state index >= 15 is 0 Å². The third kappa shape index (κ3) is 15.1. The number of hydrogen-bond acceptors (Lipinski definition) is 11. The quantitative estimate of drug-likeness (QED) is 0.0516. The first-order chi connectivity index (χ1) is 28.2. The third-order valence-electron chi connectivity index (χ3n) is 9.45. The Morgan fingerprint density at radius 3 is 1.37 bits per heavy atom. The van der Waals surface area contributed by atoms with Crippen LogP contribution in [0.5, 0.6) is 5.75 Å². The highest BCUT2D eigenvalue weighted by Crippen LogP contribution is 2.13. The van der Waals surface area contributed by atoms with Gasteiger partial charge in [0, 0.05) is 19.3 Å². The minimum Gasteiger partial charge on any atom is -0.508 e. The Hall–Kier alpha value is -6.37. The molecule has 18 nitrogen and oxygen atoms in total. The van der Waals surface area contributed by atoms with Crippen molar-refractivity contribution in [3.05, 3.63) is 102 Å². The fourth-order valence-electron chi connectivity index (χ4n) is 5.86. The molecule has 0 spiro atoms. The van der Waals surface area contributed by atoms with Gasteiger partial charge in [-0.1, -0.05) is 93.1 Å². The van der Waals surface area contributed by atoms with Crippen LogP contribution in [0, 0.1) is 5.92 Å². The lowest BCUT2D eigenvalue weighted by molar-refractivity contribution is -0.142. The minimum atomic E-state index is -1.71. The number of phenolic OH excluding ortho intramolecular Hbond substituents is 1. The molecule has 12 N–H and O–H groups in total. The van der Waals surface area contributed by atoms with Gasteiger partial charge >= 0.3 is 5.97 Å². The van der Waals surface area contributed by atoms with Crippen LogP contribution in [0.2, 0.25) is 0 Å². The molecule has 0 aromatic heterocycles. The molecule has 0 aliphatic carbocycles. The average molecular weight is 820 g/mol. The summed E-state index contributed by atoms with van der Waals surface area (Å²) in [6, 6.07) is 14.5. The van der Waals surface area contributed by atoms with E-state index in [2.05, 4.69) is 31.9 Å². The summed E-state index contributed by atoms with van der Waals surface area (Å²) in [5.41, 5.74) is 7.30. The molecule has 59 heavy (non-hydrogen) atoms. The molecule has 0 radical (unpaired) electrons. The average Bonchev–Trinajstić information content (AvgIpc) is 3.23. The fraction of sp³-hybridized carbons (Fsp3) is 0.390. The molecule has 318 valence electrons. The van der Waals surface area contributed by atoms with Gasteiger partial charge in [0.2, 0.25) is 35.4 Å². The minimum absolute atomic E-state index is 0.0502. The summed E-state index contributed by atoms with van der Waals surface area (Å²) in [4.78, 5) is 92.0. The predicted octanol–water partition coefficient (Wildman–Crippen LogP) is -1.60. The zero-order valence-electron chi connectivity index (χ0n) is 32.8. The first kappa shape index (κ1) is 47.0. The summed E-state index contributed by atoms with van der Waals surface area (Å²) >= 11 is 0. The number of carboxylic acids is 1. The number of carbonyl (C=O) groups is 7. The number of rotatable bonds is 23. The molecular weight excluding hydrogens is 766 g/mol. The Balaban J connectivity index is 1.78. The van der Waals surface area contributed by atoms with E-state index in [-0.39, 0.29) is 31.6 Å². The summed E-state index contributed by atoms with van der Waals surface area (Å²) in [7, 11) is 0. The van der Waals surface area contributed by atoms with Gasteiger partial charge in [-0.15, -0.1) is 0 Å². The molecule has 18 heteroatoms. The van der Waals surface area contributed by atoms with E-state index in [1.54, 1.807) is 74.5 Å². The van der Waals surface area contributed by atoms with E-state index in [1.807, 2.05) is 0 Å². The van der Waals surface area contributed by atoms with Gasteiger partial charge in [0.25, 0.3) is 0 Å². The van der Waals surface area contributed by atoms with Crippen LogP contribution in [0.1, 0.15) is 37.0 Å². The molecule has 6 amide bonds. The number of aliphatic carboxylic acids is 1. The number of amides is 6. The zero-order chi connectivity index (χ0) is 43.5. The molecular formula is C41H53N7O11. The molecule has 3 aromatic rings. The number of aliphatic hydroxyl groups excluding tert-OH is 2. The Kier molecular flexibility index (Phi) is 18.9. The molecule has 0 unspecified atom stereocenters. The molecule has 0 saturated heterocycles. The number of benzene rings is 3. The van der Waals surface area contributed by atoms with Crippen molar-refractivity contribution in [1.29, 1.82) is 0 Å². The molecule has 3 aromatic carbocycles. The summed E-state index contributed by atoms with van der Waals surface area (Å²) < 4.78 is 0. The van der Waals surface area contributed by atoms with Crippen LogP contribution < -0.4 is 37.6 Å². The van der Waals surface area contributed by atoms with Crippen LogP contribution in [-0.2, 0) is 52.8 Å². The van der Waals surface area contributed by atoms with Crippen molar-refractivity contribution < 1.29 is 54.0 Å². The van der Waals surface area contributed by atoms with Crippen LogP contribution in [0.4, 0.5) is 0 Å². The van der Waals surface area contributed by atoms with E-state index in [4.69, 9.17) is 5.73 Å². The molecule has 0 aliphatic heterocycles. The maximum Gasteiger partial charge on any atom is 0.326 e. The summed E-state index contributed by atoms with van der Waals surface area (Å²) in [5, 5.41) is 54.1. The van der Waals surface area contributed by atoms with Gasteiger partial charge in [-0.2, -0.15) is 0 Å². The molecule has 0 aliphatic rings. The van der Waals surface area contributed by atoms with E-state index in [1.165, 1.54) is 24.3 Å². The largest absolute Gasteiger partial charge is 0.508 e. The lowest BCUT2D eigenvalue weighted by atomic mass is 9.96. The second-order valence-electron chi connectivity index (χ2n) is 13.9. The molecule has 0 fully saturated rings. The smallest absolute Gasteiger partial charge is 0.326 e. The highest BCUT2D eigenvalue weighted by Gasteiger charge is 2.35. The number of nitrogens with one attached hydrogen (secondary N) is 6. The van der Waals surface area contributed by atoms with Gasteiger partial charge in [-0.3, -0.25) is 28.8 Å². The van der Waals surface area contributed by atoms with Gasteiger partial charge in [-0.25, -0.2) is 4.79 Å². The maximum absolute atomic E-state index is 14.0. The molecule has 0 saturated carbocycles. The molecule has 3 rings (SSSR count). The molecule has 0 bridgehead atoms. The second-order valence-corrected chi connectivity index (χ2v) is 13.9. The van der Waals surface area contributed by atoms with Crippen LogP contribution in [0.3, 0.4) is 0 Å². The maximum atomic E-state index is 14.0. The number of phenols is 1. The monoisotopic (exact) mass is 819 g/mol. The molecule has 0 heterocycles. The number of aliphatic hydroxyl groups is 2. The molecule has 7 atom stereocenters. The standard InChI is InChI=1S/C41H53N7O11/c1-3-24(2)35(48-37(54)29(43-34(52)21-42)18-25-10-6-4-7-11-25)40(57)44-30(19-26-12-8-5-9-13-26)36(53)46-33(23-50)39(56)47-32(22-49)38(55)45-31(41(58)59)20-27-14-16-28(51)17-15-27/h4-17,24,29-33,35,49-51H,3,18-23,42H2,1-2H3,(H,43,52)(H,44,57)(H,45,55)(H,46,53)(H,47,56)(H,48,54)(H,58,59)/t24-,29-,30-,31-,32-,33-,35-/m0/s1. The number of carbonyl (C=O) groups excluding carboxylic acids is 6. The van der Waals surface area contributed by atoms with E-state index < -0.39 is 96.8 Å². The van der Waals surface area contributed by atoms with Crippen molar-refractivity contribution in [1.82, 2.24) is 31.9 Å². The second kappa shape index (κ2) is 23.8. The van der Waals surface area contributed by atoms with Crippen molar-refractivity contribution in [3.8, 4) is 5.75 Å². The Bertz CT molecular complexity index is 1870. The van der Waals surface area contributed by atoms with Gasteiger partial charge < -0.3 is 58.1 Å². The van der Waals surface area contributed by atoms with Crippen molar-refractivity contribution in [2.75, 3.05) is 19.8 Å².